The molecule has 4 aliphatic heterocycles. The van der Waals surface area contributed by atoms with E-state index in [0.717, 1.165) is 44.0 Å². The monoisotopic (exact) mass is 727 g/mol. The Morgan fingerprint density at radius 2 is 1.58 bits per heavy atom. The number of halogens is 1. The van der Waals surface area contributed by atoms with Crippen LogP contribution in [0.2, 0.25) is 5.02 Å². The molecule has 0 aromatic heterocycles. The molecule has 3 aromatic carbocycles. The number of piperazine rings is 1. The maximum Gasteiger partial charge on any atom is 0.362 e. The van der Waals surface area contributed by atoms with Crippen molar-refractivity contribution in [3.63, 3.8) is 0 Å². The molecule has 0 spiro atoms. The number of hydrogen-bond acceptors (Lipinski definition) is 10. The fourth-order valence-electron chi connectivity index (χ4n) is 7.35. The molecule has 7 rings (SSSR count). The maximum atomic E-state index is 13.7. The Labute approximate surface area is 297 Å². The van der Waals surface area contributed by atoms with E-state index in [-0.39, 0.29) is 12.2 Å². The van der Waals surface area contributed by atoms with Gasteiger partial charge in [0.2, 0.25) is 5.79 Å². The molecular formula is C36H42ClN3O9S. The molecule has 4 fully saturated rings. The van der Waals surface area contributed by atoms with Crippen LogP contribution in [0.1, 0.15) is 43.6 Å². The number of amides is 1. The van der Waals surface area contributed by atoms with Crippen molar-refractivity contribution >= 4 is 33.5 Å². The second-order valence-electron chi connectivity index (χ2n) is 14.1. The van der Waals surface area contributed by atoms with Gasteiger partial charge >= 0.3 is 10.3 Å². The predicted molar refractivity (Wildman–Crippen MR) is 186 cm³/mol. The molecule has 1 amide bonds. The van der Waals surface area contributed by atoms with E-state index in [1.54, 1.807) is 52.0 Å². The minimum Gasteiger partial charge on any atom is -0.369 e. The van der Waals surface area contributed by atoms with E-state index in [1.807, 2.05) is 30.3 Å². The van der Waals surface area contributed by atoms with Crippen molar-refractivity contribution in [3.8, 4) is 11.1 Å². The van der Waals surface area contributed by atoms with Crippen LogP contribution in [0.4, 0.5) is 5.69 Å². The minimum atomic E-state index is -5.05. The number of anilines is 1. The van der Waals surface area contributed by atoms with E-state index >= 15 is 0 Å². The molecule has 0 aliphatic carbocycles. The number of benzene rings is 3. The Morgan fingerprint density at radius 3 is 2.26 bits per heavy atom. The van der Waals surface area contributed by atoms with Crippen LogP contribution in [0.5, 0.6) is 0 Å². The van der Waals surface area contributed by atoms with Crippen LogP contribution in [-0.4, -0.2) is 103 Å². The number of rotatable bonds is 8. The lowest BCUT2D eigenvalue weighted by Crippen LogP contribution is -2.63. The number of nitrogens with zero attached hydrogens (tertiary/aromatic N) is 3. The van der Waals surface area contributed by atoms with Gasteiger partial charge in [-0.2, -0.15) is 8.42 Å². The summed E-state index contributed by atoms with van der Waals surface area (Å²) in [5.41, 5.74) is 4.52. The Bertz CT molecular complexity index is 1830. The smallest absolute Gasteiger partial charge is 0.362 e. The molecule has 0 unspecified atom stereocenters. The third kappa shape index (κ3) is 7.16. The SMILES string of the molecule is CC1(C)O[C@@H]2[C@@H](CO[C@@]3(CN(C(=O)c4ccc(N5CCN(Cc6ccccc6-c6ccc(Cl)cc6)CC5)cc4)S(=O)(=O)O)OC(C)(C)O[C@@H]23)O1. The van der Waals surface area contributed by atoms with Gasteiger partial charge in [-0.1, -0.05) is 48.0 Å². The van der Waals surface area contributed by atoms with Gasteiger partial charge in [0.15, 0.2) is 11.6 Å². The molecule has 0 bridgehead atoms. The topological polar surface area (TPSA) is 127 Å². The van der Waals surface area contributed by atoms with Gasteiger partial charge < -0.3 is 28.6 Å². The van der Waals surface area contributed by atoms with Gasteiger partial charge in [-0.3, -0.25) is 14.2 Å². The van der Waals surface area contributed by atoms with Gasteiger partial charge in [-0.25, -0.2) is 4.31 Å². The summed E-state index contributed by atoms with van der Waals surface area (Å²) in [6.07, 6.45) is -2.09. The van der Waals surface area contributed by atoms with E-state index in [4.69, 9.17) is 35.3 Å². The summed E-state index contributed by atoms with van der Waals surface area (Å²) in [6.45, 7) is 10.2. The van der Waals surface area contributed by atoms with Crippen LogP contribution in [0.15, 0.2) is 72.8 Å². The lowest BCUT2D eigenvalue weighted by Gasteiger charge is -2.42. The summed E-state index contributed by atoms with van der Waals surface area (Å²) in [6, 6.07) is 23.0. The first-order valence-electron chi connectivity index (χ1n) is 16.7. The first-order chi connectivity index (χ1) is 23.6. The quantitative estimate of drug-likeness (QED) is 0.316. The van der Waals surface area contributed by atoms with Crippen LogP contribution < -0.4 is 4.90 Å². The molecule has 3 aromatic rings. The highest BCUT2D eigenvalue weighted by atomic mass is 35.5. The van der Waals surface area contributed by atoms with Crippen molar-refractivity contribution in [2.45, 2.75) is 69.9 Å². The van der Waals surface area contributed by atoms with Gasteiger partial charge in [0.05, 0.1) is 13.2 Å². The molecule has 14 heteroatoms. The molecule has 0 saturated carbocycles. The fourth-order valence-corrected chi connectivity index (χ4v) is 8.14. The zero-order valence-corrected chi connectivity index (χ0v) is 30.0. The third-order valence-corrected chi connectivity index (χ3v) is 10.7. The second kappa shape index (κ2) is 13.1. The summed E-state index contributed by atoms with van der Waals surface area (Å²) in [7, 11) is -5.05. The van der Waals surface area contributed by atoms with Crippen LogP contribution >= 0.6 is 11.6 Å². The van der Waals surface area contributed by atoms with Gasteiger partial charge in [0, 0.05) is 49.0 Å². The van der Waals surface area contributed by atoms with E-state index in [1.165, 1.54) is 11.1 Å². The van der Waals surface area contributed by atoms with Gasteiger partial charge in [-0.15, -0.1) is 0 Å². The van der Waals surface area contributed by atoms with E-state index < -0.39 is 58.4 Å². The molecule has 4 saturated heterocycles. The van der Waals surface area contributed by atoms with Crippen molar-refractivity contribution in [2.75, 3.05) is 44.2 Å². The van der Waals surface area contributed by atoms with E-state index in [2.05, 4.69) is 28.0 Å². The van der Waals surface area contributed by atoms with Gasteiger partial charge in [0.1, 0.15) is 18.3 Å². The number of carbonyl (C=O) groups excluding carboxylic acids is 1. The number of hydrogen-bond donors (Lipinski definition) is 1. The molecule has 12 nitrogen and oxygen atoms in total. The Morgan fingerprint density at radius 1 is 0.900 bits per heavy atom. The van der Waals surface area contributed by atoms with Crippen molar-refractivity contribution in [1.82, 2.24) is 9.21 Å². The normalized spacial score (nSPS) is 27.5. The highest BCUT2D eigenvalue weighted by Crippen LogP contribution is 2.48. The minimum absolute atomic E-state index is 0.00830. The predicted octanol–water partition coefficient (Wildman–Crippen LogP) is 4.97. The number of fused-ring (bicyclic) bond motifs is 3. The Hall–Kier alpha value is -3.11. The van der Waals surface area contributed by atoms with E-state index in [9.17, 15) is 17.8 Å². The zero-order chi connectivity index (χ0) is 35.5. The van der Waals surface area contributed by atoms with Crippen LogP contribution in [0.25, 0.3) is 11.1 Å². The summed E-state index contributed by atoms with van der Waals surface area (Å²) in [5.74, 6) is -4.80. The first-order valence-corrected chi connectivity index (χ1v) is 18.5. The largest absolute Gasteiger partial charge is 0.369 e. The second-order valence-corrected chi connectivity index (χ2v) is 15.8. The number of carbonyl (C=O) groups is 1. The van der Waals surface area contributed by atoms with Crippen LogP contribution in [0.3, 0.4) is 0 Å². The lowest BCUT2D eigenvalue weighted by molar-refractivity contribution is -0.281. The van der Waals surface area contributed by atoms with Crippen LogP contribution in [-0.2, 0) is 40.5 Å². The fraction of sp³-hybridized carbons (Fsp3) is 0.472. The van der Waals surface area contributed by atoms with Gasteiger partial charge in [-0.05, 0) is 80.8 Å². The lowest BCUT2D eigenvalue weighted by atomic mass is 9.96. The van der Waals surface area contributed by atoms with Crippen molar-refractivity contribution in [1.29, 1.82) is 0 Å². The van der Waals surface area contributed by atoms with Crippen molar-refractivity contribution in [2.24, 2.45) is 0 Å². The summed E-state index contributed by atoms with van der Waals surface area (Å²) < 4.78 is 66.5. The standard InChI is InChI=1S/C36H42ClN3O9S/c1-34(2)46-30-22-45-36(32(31(30)47-34)48-35(3,4)49-36)23-40(50(42,43)44)33(41)25-11-15-28(16-12-25)39-19-17-38(18-20-39)21-26-7-5-6-8-29(26)24-9-13-27(37)14-10-24/h5-16,30-32H,17-23H2,1-4H3,(H,42,43,44)/t30-,31-,32+,36+/m1/s1. The third-order valence-electron chi connectivity index (χ3n) is 9.56. The average Bonchev–Trinajstić information content (AvgIpc) is 3.54. The summed E-state index contributed by atoms with van der Waals surface area (Å²) in [5, 5.41) is 0.706. The molecule has 1 N–H and O–H groups in total. The van der Waals surface area contributed by atoms with Crippen LogP contribution in [0, 0.1) is 0 Å². The zero-order valence-electron chi connectivity index (χ0n) is 28.5. The Balaban J connectivity index is 1.02. The summed E-state index contributed by atoms with van der Waals surface area (Å²) >= 11 is 6.11. The highest BCUT2D eigenvalue weighted by molar-refractivity contribution is 7.84. The molecule has 268 valence electrons. The maximum absolute atomic E-state index is 13.7. The molecule has 4 atom stereocenters. The number of ether oxygens (including phenoxy) is 5. The average molecular weight is 728 g/mol. The highest BCUT2D eigenvalue weighted by Gasteiger charge is 2.66. The molecule has 4 heterocycles. The molecular weight excluding hydrogens is 686 g/mol. The van der Waals surface area contributed by atoms with Crippen molar-refractivity contribution in [3.05, 3.63) is 88.9 Å². The Kier molecular flexibility index (Phi) is 9.28. The molecule has 4 aliphatic rings. The van der Waals surface area contributed by atoms with E-state index in [0.29, 0.717) is 9.33 Å². The first kappa shape index (κ1) is 35.3. The van der Waals surface area contributed by atoms with Gasteiger partial charge in [0.25, 0.3) is 5.91 Å². The summed E-state index contributed by atoms with van der Waals surface area (Å²) in [4.78, 5) is 18.4. The molecule has 0 radical (unpaired) electrons. The van der Waals surface area contributed by atoms with Crippen molar-refractivity contribution < 1.29 is 41.4 Å². The molecule has 50 heavy (non-hydrogen) atoms.